The van der Waals surface area contributed by atoms with E-state index >= 15 is 0 Å². The molecule has 0 saturated carbocycles. The summed E-state index contributed by atoms with van der Waals surface area (Å²) in [4.78, 5) is 2.33. The summed E-state index contributed by atoms with van der Waals surface area (Å²) in [6, 6.07) is 0.252. The van der Waals surface area contributed by atoms with Crippen molar-refractivity contribution in [2.24, 2.45) is 5.92 Å². The predicted molar refractivity (Wildman–Crippen MR) is 61.0 cm³/mol. The molecule has 1 fully saturated rings. The van der Waals surface area contributed by atoms with E-state index in [0.29, 0.717) is 12.5 Å². The number of methoxy groups -OCH3 is 1. The Balaban J connectivity index is 2.46. The maximum Gasteiger partial charge on any atom is 0.0831 e. The van der Waals surface area contributed by atoms with Crippen LogP contribution in [0.4, 0.5) is 0 Å². The van der Waals surface area contributed by atoms with Gasteiger partial charge in [-0.3, -0.25) is 4.90 Å². The van der Waals surface area contributed by atoms with Crippen LogP contribution in [0, 0.1) is 5.92 Å². The lowest BCUT2D eigenvalue weighted by molar-refractivity contribution is 0.0549. The van der Waals surface area contributed by atoms with E-state index in [1.165, 1.54) is 0 Å². The lowest BCUT2D eigenvalue weighted by atomic mass is 10.1. The predicted octanol–water partition coefficient (Wildman–Crippen LogP) is -0.0765. The van der Waals surface area contributed by atoms with Gasteiger partial charge in [0.25, 0.3) is 0 Å². The summed E-state index contributed by atoms with van der Waals surface area (Å²) < 4.78 is 5.10. The molecule has 0 amide bonds. The summed E-state index contributed by atoms with van der Waals surface area (Å²) in [6.45, 7) is 8.66. The Morgan fingerprint density at radius 1 is 1.47 bits per heavy atom. The van der Waals surface area contributed by atoms with Crippen molar-refractivity contribution >= 4 is 0 Å². The van der Waals surface area contributed by atoms with Crippen LogP contribution in [0.25, 0.3) is 0 Å². The van der Waals surface area contributed by atoms with E-state index < -0.39 is 0 Å². The normalized spacial score (nSPS) is 26.8. The molecule has 0 aliphatic carbocycles. The van der Waals surface area contributed by atoms with E-state index in [1.54, 1.807) is 7.11 Å². The molecular weight excluding hydrogens is 192 g/mol. The smallest absolute Gasteiger partial charge is 0.0831 e. The highest BCUT2D eigenvalue weighted by atomic mass is 16.5. The zero-order chi connectivity index (χ0) is 11.3. The van der Waals surface area contributed by atoms with Crippen molar-refractivity contribution in [3.63, 3.8) is 0 Å². The van der Waals surface area contributed by atoms with Crippen molar-refractivity contribution in [3.05, 3.63) is 0 Å². The molecule has 0 radical (unpaired) electrons. The van der Waals surface area contributed by atoms with Gasteiger partial charge in [0, 0.05) is 39.3 Å². The minimum atomic E-state index is -0.236. The van der Waals surface area contributed by atoms with E-state index in [2.05, 4.69) is 24.1 Å². The van der Waals surface area contributed by atoms with Crippen molar-refractivity contribution in [1.82, 2.24) is 10.2 Å². The third kappa shape index (κ3) is 4.07. The van der Waals surface area contributed by atoms with Crippen LogP contribution in [-0.4, -0.2) is 62.0 Å². The molecule has 0 aromatic heterocycles. The first-order valence-electron chi connectivity index (χ1n) is 5.77. The number of rotatable bonds is 6. The van der Waals surface area contributed by atoms with Crippen LogP contribution in [0.2, 0.25) is 0 Å². The van der Waals surface area contributed by atoms with Gasteiger partial charge in [-0.15, -0.1) is 0 Å². The van der Waals surface area contributed by atoms with Crippen LogP contribution >= 0.6 is 0 Å². The van der Waals surface area contributed by atoms with Gasteiger partial charge in [0.15, 0.2) is 0 Å². The number of nitrogens with zero attached hydrogens (tertiary/aromatic N) is 1. The van der Waals surface area contributed by atoms with Gasteiger partial charge in [0.2, 0.25) is 0 Å². The average Bonchev–Trinajstić information content (AvgIpc) is 2.58. The highest BCUT2D eigenvalue weighted by Crippen LogP contribution is 2.11. The van der Waals surface area contributed by atoms with Crippen LogP contribution < -0.4 is 5.32 Å². The summed E-state index contributed by atoms with van der Waals surface area (Å²) in [5.41, 5.74) is 0. The van der Waals surface area contributed by atoms with Gasteiger partial charge in [-0.2, -0.15) is 0 Å². The summed E-state index contributed by atoms with van der Waals surface area (Å²) in [5, 5.41) is 13.0. The molecule has 15 heavy (non-hydrogen) atoms. The molecule has 0 aromatic carbocycles. The third-order valence-electron chi connectivity index (χ3n) is 2.80. The SMILES string of the molecule is COCCN(CC(C)C)C1CNCC1O. The Labute approximate surface area is 92.6 Å². The van der Waals surface area contributed by atoms with E-state index in [-0.39, 0.29) is 12.1 Å². The number of nitrogens with one attached hydrogen (secondary N) is 1. The Kier molecular flexibility index (Phi) is 5.53. The average molecular weight is 216 g/mol. The molecule has 2 atom stereocenters. The van der Waals surface area contributed by atoms with Crippen molar-refractivity contribution < 1.29 is 9.84 Å². The molecule has 1 aliphatic rings. The van der Waals surface area contributed by atoms with Crippen LogP contribution in [0.1, 0.15) is 13.8 Å². The van der Waals surface area contributed by atoms with Crippen LogP contribution in [0.3, 0.4) is 0 Å². The van der Waals surface area contributed by atoms with Gasteiger partial charge >= 0.3 is 0 Å². The van der Waals surface area contributed by atoms with E-state index in [1.807, 2.05) is 0 Å². The summed E-state index contributed by atoms with van der Waals surface area (Å²) >= 11 is 0. The summed E-state index contributed by atoms with van der Waals surface area (Å²) in [7, 11) is 1.72. The van der Waals surface area contributed by atoms with Gasteiger partial charge in [-0.25, -0.2) is 0 Å². The monoisotopic (exact) mass is 216 g/mol. The molecule has 1 saturated heterocycles. The zero-order valence-electron chi connectivity index (χ0n) is 10.1. The third-order valence-corrected chi connectivity index (χ3v) is 2.80. The Bertz CT molecular complexity index is 176. The second kappa shape index (κ2) is 6.43. The van der Waals surface area contributed by atoms with Crippen molar-refractivity contribution in [2.45, 2.75) is 26.0 Å². The summed E-state index contributed by atoms with van der Waals surface area (Å²) in [6.07, 6.45) is -0.236. The fourth-order valence-electron chi connectivity index (χ4n) is 2.09. The Morgan fingerprint density at radius 3 is 2.67 bits per heavy atom. The largest absolute Gasteiger partial charge is 0.390 e. The first kappa shape index (κ1) is 12.9. The number of aliphatic hydroxyl groups is 1. The number of aliphatic hydroxyl groups excluding tert-OH is 1. The standard InChI is InChI=1S/C11H24N2O2/c1-9(2)8-13(4-5-15-3)10-6-12-7-11(10)14/h9-12,14H,4-8H2,1-3H3. The maximum atomic E-state index is 9.83. The molecule has 90 valence electrons. The quantitative estimate of drug-likeness (QED) is 0.652. The van der Waals surface area contributed by atoms with Crippen molar-refractivity contribution in [1.29, 1.82) is 0 Å². The first-order valence-corrected chi connectivity index (χ1v) is 5.77. The fourth-order valence-corrected chi connectivity index (χ4v) is 2.09. The minimum absolute atomic E-state index is 0.236. The molecule has 1 aliphatic heterocycles. The Morgan fingerprint density at radius 2 is 2.20 bits per heavy atom. The van der Waals surface area contributed by atoms with Crippen LogP contribution in [0.5, 0.6) is 0 Å². The van der Waals surface area contributed by atoms with Gasteiger partial charge in [-0.05, 0) is 5.92 Å². The van der Waals surface area contributed by atoms with Gasteiger partial charge < -0.3 is 15.2 Å². The van der Waals surface area contributed by atoms with Gasteiger partial charge in [0.1, 0.15) is 0 Å². The number of hydrogen-bond donors (Lipinski definition) is 2. The van der Waals surface area contributed by atoms with E-state index in [9.17, 15) is 5.11 Å². The van der Waals surface area contributed by atoms with Gasteiger partial charge in [-0.1, -0.05) is 13.8 Å². The highest BCUT2D eigenvalue weighted by molar-refractivity contribution is 4.88. The molecular formula is C11H24N2O2. The van der Waals surface area contributed by atoms with Crippen molar-refractivity contribution in [2.75, 3.05) is 39.9 Å². The molecule has 0 aromatic rings. The van der Waals surface area contributed by atoms with Gasteiger partial charge in [0.05, 0.1) is 12.7 Å². The molecule has 4 heteroatoms. The second-order valence-corrected chi connectivity index (χ2v) is 4.67. The second-order valence-electron chi connectivity index (χ2n) is 4.67. The fraction of sp³-hybridized carbons (Fsp3) is 1.00. The molecule has 1 heterocycles. The lowest BCUT2D eigenvalue weighted by Gasteiger charge is -2.31. The highest BCUT2D eigenvalue weighted by Gasteiger charge is 2.30. The lowest BCUT2D eigenvalue weighted by Crippen LogP contribution is -2.46. The van der Waals surface area contributed by atoms with Crippen LogP contribution in [0.15, 0.2) is 0 Å². The molecule has 4 nitrogen and oxygen atoms in total. The molecule has 0 spiro atoms. The van der Waals surface area contributed by atoms with E-state index in [0.717, 1.165) is 26.2 Å². The Hall–Kier alpha value is -0.160. The number of β-amino-alcohol motifs (C(OH)–C–C–N with tert-alkyl or cyclic N) is 1. The zero-order valence-corrected chi connectivity index (χ0v) is 10.1. The topological polar surface area (TPSA) is 44.7 Å². The molecule has 2 unspecified atom stereocenters. The number of hydrogen-bond acceptors (Lipinski definition) is 4. The van der Waals surface area contributed by atoms with E-state index in [4.69, 9.17) is 4.74 Å². The minimum Gasteiger partial charge on any atom is -0.390 e. The summed E-state index contributed by atoms with van der Waals surface area (Å²) in [5.74, 6) is 0.620. The maximum absolute atomic E-state index is 9.83. The number of ether oxygens (including phenoxy) is 1. The van der Waals surface area contributed by atoms with Crippen LogP contribution in [-0.2, 0) is 4.74 Å². The molecule has 1 rings (SSSR count). The molecule has 0 bridgehead atoms. The van der Waals surface area contributed by atoms with Crippen molar-refractivity contribution in [3.8, 4) is 0 Å². The first-order chi connectivity index (χ1) is 7.15. The molecule has 2 N–H and O–H groups in total.